The van der Waals surface area contributed by atoms with Gasteiger partial charge in [0.2, 0.25) is 0 Å². The van der Waals surface area contributed by atoms with Gasteiger partial charge in [-0.15, -0.1) is 0 Å². The fourth-order valence-electron chi connectivity index (χ4n) is 2.32. The first-order valence-electron chi connectivity index (χ1n) is 6.68. The molecular formula is C15H24N2. The molecule has 2 N–H and O–H groups in total. The molecule has 1 aromatic carbocycles. The average molecular weight is 232 g/mol. The summed E-state index contributed by atoms with van der Waals surface area (Å²) in [5.74, 6) is 1.82. The number of nitrogens with zero attached hydrogens (tertiary/aromatic N) is 1. The van der Waals surface area contributed by atoms with Crippen molar-refractivity contribution in [3.8, 4) is 0 Å². The zero-order valence-electron chi connectivity index (χ0n) is 11.2. The summed E-state index contributed by atoms with van der Waals surface area (Å²) in [5.41, 5.74) is 8.56. The summed E-state index contributed by atoms with van der Waals surface area (Å²) < 4.78 is 0. The van der Waals surface area contributed by atoms with Gasteiger partial charge in [-0.3, -0.25) is 0 Å². The SMILES string of the molecule is CC[C@@H](N)c1ccc(N(C)CC2CC2C)cc1. The molecule has 1 fully saturated rings. The Hall–Kier alpha value is -1.02. The summed E-state index contributed by atoms with van der Waals surface area (Å²) in [5, 5.41) is 0. The Morgan fingerprint density at radius 3 is 2.41 bits per heavy atom. The van der Waals surface area contributed by atoms with Crippen LogP contribution >= 0.6 is 0 Å². The maximum Gasteiger partial charge on any atom is 0.0363 e. The van der Waals surface area contributed by atoms with Gasteiger partial charge in [-0.2, -0.15) is 0 Å². The number of rotatable bonds is 5. The van der Waals surface area contributed by atoms with Crippen LogP contribution in [0.25, 0.3) is 0 Å². The van der Waals surface area contributed by atoms with Crippen LogP contribution in [0.3, 0.4) is 0 Å². The van der Waals surface area contributed by atoms with Gasteiger partial charge in [-0.05, 0) is 42.4 Å². The highest BCUT2D eigenvalue weighted by molar-refractivity contribution is 5.47. The van der Waals surface area contributed by atoms with E-state index in [0.29, 0.717) is 0 Å². The molecule has 1 aliphatic carbocycles. The van der Waals surface area contributed by atoms with E-state index in [0.717, 1.165) is 18.3 Å². The normalized spacial score (nSPS) is 24.5. The topological polar surface area (TPSA) is 29.3 Å². The van der Waals surface area contributed by atoms with Gasteiger partial charge in [0.05, 0.1) is 0 Å². The molecule has 0 spiro atoms. The minimum absolute atomic E-state index is 0.179. The molecule has 1 aliphatic rings. The highest BCUT2D eigenvalue weighted by Crippen LogP contribution is 2.38. The monoisotopic (exact) mass is 232 g/mol. The summed E-state index contributed by atoms with van der Waals surface area (Å²) in [6.07, 6.45) is 2.39. The van der Waals surface area contributed by atoms with Crippen LogP contribution in [0.5, 0.6) is 0 Å². The van der Waals surface area contributed by atoms with Crippen LogP contribution in [0, 0.1) is 11.8 Å². The van der Waals surface area contributed by atoms with Crippen molar-refractivity contribution in [2.75, 3.05) is 18.5 Å². The summed E-state index contributed by atoms with van der Waals surface area (Å²) in [6.45, 7) is 5.64. The molecule has 2 heteroatoms. The molecule has 94 valence electrons. The van der Waals surface area contributed by atoms with E-state index in [-0.39, 0.29) is 6.04 Å². The first-order valence-corrected chi connectivity index (χ1v) is 6.68. The molecule has 1 aromatic rings. The predicted octanol–water partition coefficient (Wildman–Crippen LogP) is 3.19. The number of hydrogen-bond donors (Lipinski definition) is 1. The van der Waals surface area contributed by atoms with Crippen LogP contribution in [-0.2, 0) is 0 Å². The summed E-state index contributed by atoms with van der Waals surface area (Å²) in [4.78, 5) is 2.36. The third-order valence-corrected chi connectivity index (χ3v) is 3.99. The van der Waals surface area contributed by atoms with E-state index in [2.05, 4.69) is 50.1 Å². The van der Waals surface area contributed by atoms with Crippen LogP contribution in [0.15, 0.2) is 24.3 Å². The Morgan fingerprint density at radius 1 is 1.35 bits per heavy atom. The summed E-state index contributed by atoms with van der Waals surface area (Å²) in [6, 6.07) is 8.89. The molecule has 2 rings (SSSR count). The van der Waals surface area contributed by atoms with Crippen molar-refractivity contribution < 1.29 is 0 Å². The first kappa shape index (κ1) is 12.4. The molecule has 17 heavy (non-hydrogen) atoms. The average Bonchev–Trinajstić information content (AvgIpc) is 3.04. The Bertz CT molecular complexity index is 358. The zero-order valence-corrected chi connectivity index (χ0v) is 11.2. The minimum atomic E-state index is 0.179. The molecule has 2 unspecified atom stereocenters. The van der Waals surface area contributed by atoms with E-state index >= 15 is 0 Å². The minimum Gasteiger partial charge on any atom is -0.374 e. The van der Waals surface area contributed by atoms with Gasteiger partial charge in [-0.1, -0.05) is 26.0 Å². The number of anilines is 1. The van der Waals surface area contributed by atoms with Crippen molar-refractivity contribution >= 4 is 5.69 Å². The lowest BCUT2D eigenvalue weighted by Gasteiger charge is -2.20. The number of nitrogens with two attached hydrogens (primary N) is 1. The quantitative estimate of drug-likeness (QED) is 0.844. The fraction of sp³-hybridized carbons (Fsp3) is 0.600. The van der Waals surface area contributed by atoms with E-state index in [1.165, 1.54) is 24.2 Å². The highest BCUT2D eigenvalue weighted by Gasteiger charge is 2.33. The van der Waals surface area contributed by atoms with E-state index in [4.69, 9.17) is 5.73 Å². The van der Waals surface area contributed by atoms with Crippen molar-refractivity contribution in [3.63, 3.8) is 0 Å². The second kappa shape index (κ2) is 5.09. The molecule has 0 radical (unpaired) electrons. The van der Waals surface area contributed by atoms with Crippen molar-refractivity contribution in [1.82, 2.24) is 0 Å². The lowest BCUT2D eigenvalue weighted by molar-refractivity contribution is 0.697. The van der Waals surface area contributed by atoms with Gasteiger partial charge in [0.1, 0.15) is 0 Å². The van der Waals surface area contributed by atoms with Crippen LogP contribution in [-0.4, -0.2) is 13.6 Å². The van der Waals surface area contributed by atoms with Crippen LogP contribution in [0.1, 0.15) is 38.3 Å². The van der Waals surface area contributed by atoms with Crippen molar-refractivity contribution in [3.05, 3.63) is 29.8 Å². The molecular weight excluding hydrogens is 208 g/mol. The van der Waals surface area contributed by atoms with Gasteiger partial charge in [0.25, 0.3) is 0 Å². The van der Waals surface area contributed by atoms with E-state index in [1.807, 2.05) is 0 Å². The standard InChI is InChI=1S/C15H24N2/c1-4-15(16)12-5-7-14(8-6-12)17(3)10-13-9-11(13)2/h5-8,11,13,15H,4,9-10,16H2,1-3H3/t11?,13?,15-/m1/s1. The molecule has 3 atom stereocenters. The second-order valence-corrected chi connectivity index (χ2v) is 5.46. The second-order valence-electron chi connectivity index (χ2n) is 5.46. The van der Waals surface area contributed by atoms with Gasteiger partial charge < -0.3 is 10.6 Å². The molecule has 2 nitrogen and oxygen atoms in total. The van der Waals surface area contributed by atoms with Gasteiger partial charge in [-0.25, -0.2) is 0 Å². The third kappa shape index (κ3) is 3.01. The van der Waals surface area contributed by atoms with Gasteiger partial charge in [0.15, 0.2) is 0 Å². The van der Waals surface area contributed by atoms with E-state index in [9.17, 15) is 0 Å². The number of hydrogen-bond acceptors (Lipinski definition) is 2. The smallest absolute Gasteiger partial charge is 0.0363 e. The van der Waals surface area contributed by atoms with Crippen molar-refractivity contribution in [2.45, 2.75) is 32.7 Å². The molecule has 0 aromatic heterocycles. The molecule has 0 saturated heterocycles. The Balaban J connectivity index is 1.96. The number of benzene rings is 1. The highest BCUT2D eigenvalue weighted by atomic mass is 15.1. The van der Waals surface area contributed by atoms with E-state index in [1.54, 1.807) is 0 Å². The molecule has 0 aliphatic heterocycles. The van der Waals surface area contributed by atoms with Crippen molar-refractivity contribution in [1.29, 1.82) is 0 Å². The largest absolute Gasteiger partial charge is 0.374 e. The summed E-state index contributed by atoms with van der Waals surface area (Å²) >= 11 is 0. The lowest BCUT2D eigenvalue weighted by Crippen LogP contribution is -2.20. The third-order valence-electron chi connectivity index (χ3n) is 3.99. The van der Waals surface area contributed by atoms with Crippen LogP contribution in [0.4, 0.5) is 5.69 Å². The molecule has 0 amide bonds. The van der Waals surface area contributed by atoms with E-state index < -0.39 is 0 Å². The Labute approximate surface area is 105 Å². The molecule has 0 heterocycles. The van der Waals surface area contributed by atoms with Gasteiger partial charge in [0, 0.05) is 25.3 Å². The molecule has 0 bridgehead atoms. The molecule has 1 saturated carbocycles. The Kier molecular flexibility index (Phi) is 3.72. The van der Waals surface area contributed by atoms with Gasteiger partial charge >= 0.3 is 0 Å². The maximum atomic E-state index is 6.02. The fourth-order valence-corrected chi connectivity index (χ4v) is 2.32. The lowest BCUT2D eigenvalue weighted by atomic mass is 10.1. The van der Waals surface area contributed by atoms with Crippen molar-refractivity contribution in [2.24, 2.45) is 17.6 Å². The first-order chi connectivity index (χ1) is 8.11. The van der Waals surface area contributed by atoms with Crippen LogP contribution < -0.4 is 10.6 Å². The Morgan fingerprint density at radius 2 is 1.94 bits per heavy atom. The maximum absolute atomic E-state index is 6.02. The van der Waals surface area contributed by atoms with Crippen LogP contribution in [0.2, 0.25) is 0 Å². The predicted molar refractivity (Wildman–Crippen MR) is 74.2 cm³/mol. The summed E-state index contributed by atoms with van der Waals surface area (Å²) in [7, 11) is 2.18. The zero-order chi connectivity index (χ0) is 12.4.